The number of aliphatic carboxylic acids is 1. The first-order chi connectivity index (χ1) is 13.5. The van der Waals surface area contributed by atoms with Crippen LogP contribution in [0.4, 0.5) is 0 Å². The molecule has 0 spiro atoms. The topological polar surface area (TPSA) is 63.6 Å². The molecule has 144 valence electrons. The second-order valence-corrected chi connectivity index (χ2v) is 7.81. The molecule has 1 aromatic heterocycles. The maximum Gasteiger partial charge on any atom is 0.307 e. The van der Waals surface area contributed by atoms with Crippen molar-refractivity contribution in [3.63, 3.8) is 0 Å². The predicted molar refractivity (Wildman–Crippen MR) is 112 cm³/mol. The molecule has 0 aliphatic rings. The van der Waals surface area contributed by atoms with E-state index in [2.05, 4.69) is 0 Å². The molecule has 0 amide bonds. The lowest BCUT2D eigenvalue weighted by Crippen LogP contribution is -2.01. The van der Waals surface area contributed by atoms with Crippen LogP contribution in [0.2, 0.25) is 5.02 Å². The number of methoxy groups -OCH3 is 1. The summed E-state index contributed by atoms with van der Waals surface area (Å²) in [7, 11) is 1.61. The molecule has 0 radical (unpaired) electrons. The Labute approximate surface area is 172 Å². The van der Waals surface area contributed by atoms with Gasteiger partial charge in [0.25, 0.3) is 0 Å². The van der Waals surface area contributed by atoms with E-state index in [-0.39, 0.29) is 12.2 Å². The maximum atomic E-state index is 12.7. The van der Waals surface area contributed by atoms with Crippen molar-refractivity contribution in [3.8, 4) is 16.2 Å². The number of rotatable bonds is 8. The fraction of sp³-hybridized carbons (Fsp3) is 0.182. The van der Waals surface area contributed by atoms with Crippen molar-refractivity contribution < 1.29 is 19.4 Å². The number of ether oxygens (including phenoxy) is 1. The standard InChI is InChI=1S/C22H19ClO4S/c1-27-18-4-2-3-14(11-18)5-10-19(24)20-12-16(13-21(25)26)22(28-20)15-6-8-17(23)9-7-15/h2-4,6-9,11-12H,5,10,13H2,1H3,(H,25,26). The van der Waals surface area contributed by atoms with Crippen molar-refractivity contribution >= 4 is 34.7 Å². The average Bonchev–Trinajstić information content (AvgIpc) is 3.10. The maximum absolute atomic E-state index is 12.7. The van der Waals surface area contributed by atoms with Gasteiger partial charge in [0.15, 0.2) is 5.78 Å². The zero-order chi connectivity index (χ0) is 20.1. The van der Waals surface area contributed by atoms with Crippen molar-refractivity contribution in [2.24, 2.45) is 0 Å². The number of carbonyl (C=O) groups excluding carboxylic acids is 1. The molecule has 0 saturated carbocycles. The zero-order valence-corrected chi connectivity index (χ0v) is 16.8. The highest BCUT2D eigenvalue weighted by atomic mass is 35.5. The number of hydrogen-bond donors (Lipinski definition) is 1. The van der Waals surface area contributed by atoms with Crippen LogP contribution in [0, 0.1) is 0 Å². The van der Waals surface area contributed by atoms with Gasteiger partial charge < -0.3 is 9.84 Å². The van der Waals surface area contributed by atoms with Gasteiger partial charge in [0, 0.05) is 16.3 Å². The van der Waals surface area contributed by atoms with Gasteiger partial charge in [-0.2, -0.15) is 0 Å². The van der Waals surface area contributed by atoms with Gasteiger partial charge in [-0.3, -0.25) is 9.59 Å². The van der Waals surface area contributed by atoms with Crippen molar-refractivity contribution in [2.75, 3.05) is 7.11 Å². The van der Waals surface area contributed by atoms with Gasteiger partial charge in [-0.05, 0) is 53.4 Å². The molecular formula is C22H19ClO4S. The Morgan fingerprint density at radius 2 is 1.86 bits per heavy atom. The predicted octanol–water partition coefficient (Wildman–Crippen LogP) is 5.52. The fourth-order valence-corrected chi connectivity index (χ4v) is 4.19. The summed E-state index contributed by atoms with van der Waals surface area (Å²) in [5, 5.41) is 9.82. The van der Waals surface area contributed by atoms with E-state index in [0.717, 1.165) is 21.8 Å². The largest absolute Gasteiger partial charge is 0.497 e. The van der Waals surface area contributed by atoms with E-state index in [1.54, 1.807) is 25.3 Å². The first-order valence-electron chi connectivity index (χ1n) is 8.73. The molecule has 6 heteroatoms. The summed E-state index contributed by atoms with van der Waals surface area (Å²) in [5.41, 5.74) is 2.52. The van der Waals surface area contributed by atoms with Gasteiger partial charge >= 0.3 is 5.97 Å². The minimum absolute atomic E-state index is 0.000304. The molecule has 0 unspecified atom stereocenters. The van der Waals surface area contributed by atoms with Crippen LogP contribution < -0.4 is 4.74 Å². The van der Waals surface area contributed by atoms with E-state index in [9.17, 15) is 14.7 Å². The van der Waals surface area contributed by atoms with Crippen LogP contribution in [0.5, 0.6) is 5.75 Å². The third-order valence-electron chi connectivity index (χ3n) is 4.31. The molecule has 0 saturated heterocycles. The Morgan fingerprint density at radius 1 is 1.11 bits per heavy atom. The van der Waals surface area contributed by atoms with Crippen molar-refractivity contribution in [2.45, 2.75) is 19.3 Å². The SMILES string of the molecule is COc1cccc(CCC(=O)c2cc(CC(=O)O)c(-c3ccc(Cl)cc3)s2)c1. The Bertz CT molecular complexity index is 992. The summed E-state index contributed by atoms with van der Waals surface area (Å²) < 4.78 is 5.21. The molecular weight excluding hydrogens is 396 g/mol. The molecule has 3 aromatic rings. The second kappa shape index (κ2) is 9.04. The molecule has 2 aromatic carbocycles. The van der Waals surface area contributed by atoms with Gasteiger partial charge in [-0.15, -0.1) is 11.3 Å². The summed E-state index contributed by atoms with van der Waals surface area (Å²) in [4.78, 5) is 25.3. The number of hydrogen-bond acceptors (Lipinski definition) is 4. The molecule has 0 atom stereocenters. The third kappa shape index (κ3) is 5.00. The molecule has 0 aliphatic heterocycles. The highest BCUT2D eigenvalue weighted by Gasteiger charge is 2.18. The molecule has 0 bridgehead atoms. The number of carboxylic acids is 1. The number of aryl methyl sites for hydroxylation is 1. The molecule has 0 aliphatic carbocycles. The summed E-state index contributed by atoms with van der Waals surface area (Å²) in [5.74, 6) is -0.169. The summed E-state index contributed by atoms with van der Waals surface area (Å²) in [6, 6.07) is 16.5. The van der Waals surface area contributed by atoms with Gasteiger partial charge in [-0.1, -0.05) is 35.9 Å². The summed E-state index contributed by atoms with van der Waals surface area (Å²) >= 11 is 7.28. The Hall–Kier alpha value is -2.63. The van der Waals surface area contributed by atoms with Crippen LogP contribution in [0.25, 0.3) is 10.4 Å². The summed E-state index contributed by atoms with van der Waals surface area (Å²) in [6.45, 7) is 0. The number of carboxylic acid groups (broad SMARTS) is 1. The van der Waals surface area contributed by atoms with Crippen LogP contribution in [0.3, 0.4) is 0 Å². The Morgan fingerprint density at radius 3 is 2.54 bits per heavy atom. The highest BCUT2D eigenvalue weighted by molar-refractivity contribution is 7.17. The Balaban J connectivity index is 1.81. The lowest BCUT2D eigenvalue weighted by molar-refractivity contribution is -0.136. The molecule has 28 heavy (non-hydrogen) atoms. The lowest BCUT2D eigenvalue weighted by Gasteiger charge is -2.03. The second-order valence-electron chi connectivity index (χ2n) is 6.32. The van der Waals surface area contributed by atoms with Crippen molar-refractivity contribution in [1.29, 1.82) is 0 Å². The zero-order valence-electron chi connectivity index (χ0n) is 15.3. The molecule has 1 N–H and O–H groups in total. The minimum atomic E-state index is -0.927. The normalized spacial score (nSPS) is 10.6. The van der Waals surface area contributed by atoms with Gasteiger partial charge in [0.1, 0.15) is 5.75 Å². The van der Waals surface area contributed by atoms with Crippen LogP contribution >= 0.6 is 22.9 Å². The third-order valence-corrected chi connectivity index (χ3v) is 5.83. The van der Waals surface area contributed by atoms with Crippen molar-refractivity contribution in [1.82, 2.24) is 0 Å². The van der Waals surface area contributed by atoms with E-state index in [4.69, 9.17) is 16.3 Å². The lowest BCUT2D eigenvalue weighted by atomic mass is 10.0. The van der Waals surface area contributed by atoms with Gasteiger partial charge in [0.2, 0.25) is 0 Å². The first-order valence-corrected chi connectivity index (χ1v) is 9.92. The van der Waals surface area contributed by atoms with Gasteiger partial charge in [-0.25, -0.2) is 0 Å². The van der Waals surface area contributed by atoms with Crippen LogP contribution in [-0.2, 0) is 17.6 Å². The first kappa shape index (κ1) is 20.1. The number of carbonyl (C=O) groups is 2. The monoisotopic (exact) mass is 414 g/mol. The minimum Gasteiger partial charge on any atom is -0.497 e. The molecule has 4 nitrogen and oxygen atoms in total. The van der Waals surface area contributed by atoms with E-state index >= 15 is 0 Å². The average molecular weight is 415 g/mol. The van der Waals surface area contributed by atoms with E-state index in [1.165, 1.54) is 11.3 Å². The highest BCUT2D eigenvalue weighted by Crippen LogP contribution is 2.34. The quantitative estimate of drug-likeness (QED) is 0.493. The number of Topliss-reactive ketones (excluding diaryl/α,β-unsaturated/α-hetero) is 1. The Kier molecular flexibility index (Phi) is 6.49. The van der Waals surface area contributed by atoms with Crippen LogP contribution in [-0.4, -0.2) is 24.0 Å². The number of ketones is 1. The number of benzene rings is 2. The van der Waals surface area contributed by atoms with E-state index < -0.39 is 5.97 Å². The van der Waals surface area contributed by atoms with E-state index in [0.29, 0.717) is 28.3 Å². The van der Waals surface area contributed by atoms with Crippen LogP contribution in [0.15, 0.2) is 54.6 Å². The number of halogens is 1. The van der Waals surface area contributed by atoms with Crippen molar-refractivity contribution in [3.05, 3.63) is 75.6 Å². The molecule has 1 heterocycles. The van der Waals surface area contributed by atoms with Gasteiger partial charge in [0.05, 0.1) is 18.4 Å². The molecule has 3 rings (SSSR count). The van der Waals surface area contributed by atoms with E-state index in [1.807, 2.05) is 36.4 Å². The molecule has 0 fully saturated rings. The number of thiophene rings is 1. The van der Waals surface area contributed by atoms with Crippen LogP contribution in [0.1, 0.15) is 27.2 Å². The fourth-order valence-electron chi connectivity index (χ4n) is 2.92. The summed E-state index contributed by atoms with van der Waals surface area (Å²) in [6.07, 6.45) is 0.816. The smallest absolute Gasteiger partial charge is 0.307 e.